The molecule has 0 heterocycles. The summed E-state index contributed by atoms with van der Waals surface area (Å²) >= 11 is 0. The van der Waals surface area contributed by atoms with Gasteiger partial charge in [0.1, 0.15) is 0 Å². The molecule has 0 aromatic rings. The van der Waals surface area contributed by atoms with E-state index in [2.05, 4.69) is 19.1 Å². The Hall–Kier alpha value is -0.870. The van der Waals surface area contributed by atoms with Gasteiger partial charge in [-0.2, -0.15) is 0 Å². The van der Waals surface area contributed by atoms with Crippen molar-refractivity contribution in [1.82, 2.24) is 5.06 Å². The van der Waals surface area contributed by atoms with Crippen LogP contribution in [0.5, 0.6) is 0 Å². The lowest BCUT2D eigenvalue weighted by molar-refractivity contribution is -0.128. The van der Waals surface area contributed by atoms with Gasteiger partial charge >= 0.3 is 0 Å². The minimum atomic E-state index is -0.286. The molecule has 0 aromatic heterocycles. The standard InChI is InChI=1S/C21H41N2O2/c1-2-3-4-5-6-7-8-9-10-11-12-13-14-15-16-18-21(24)23(25)20-17-19-22/h9-10H,2-8,11-20,22H2,1H3/q-1/b10-9-. The second-order valence-electron chi connectivity index (χ2n) is 6.97. The molecule has 148 valence electrons. The molecule has 0 unspecified atom stereocenters. The van der Waals surface area contributed by atoms with E-state index in [4.69, 9.17) is 5.73 Å². The van der Waals surface area contributed by atoms with Crippen molar-refractivity contribution in [2.24, 2.45) is 5.73 Å². The van der Waals surface area contributed by atoms with Gasteiger partial charge in [0, 0.05) is 13.0 Å². The minimum absolute atomic E-state index is 0.237. The molecule has 0 saturated heterocycles. The van der Waals surface area contributed by atoms with Gasteiger partial charge in [0.25, 0.3) is 0 Å². The molecule has 25 heavy (non-hydrogen) atoms. The zero-order chi connectivity index (χ0) is 18.6. The molecular formula is C21H41N2O2-. The number of carbonyl (C=O) groups is 1. The molecule has 0 spiro atoms. The van der Waals surface area contributed by atoms with Crippen LogP contribution < -0.4 is 5.73 Å². The first-order chi connectivity index (χ1) is 12.2. The summed E-state index contributed by atoms with van der Waals surface area (Å²) in [7, 11) is 0. The van der Waals surface area contributed by atoms with Crippen LogP contribution >= 0.6 is 0 Å². The minimum Gasteiger partial charge on any atom is -0.756 e. The van der Waals surface area contributed by atoms with Crippen LogP contribution in [0.4, 0.5) is 0 Å². The SMILES string of the molecule is CCCCCCCC/C=C\CCCCCCCC(=O)N([O-])CCCN. The maximum absolute atomic E-state index is 11.5. The van der Waals surface area contributed by atoms with E-state index in [1.54, 1.807) is 0 Å². The van der Waals surface area contributed by atoms with Gasteiger partial charge in [0.05, 0.1) is 0 Å². The van der Waals surface area contributed by atoms with E-state index >= 15 is 0 Å². The molecule has 0 saturated carbocycles. The van der Waals surface area contributed by atoms with E-state index < -0.39 is 0 Å². The quantitative estimate of drug-likeness (QED) is 0.195. The van der Waals surface area contributed by atoms with Gasteiger partial charge in [-0.05, 0) is 45.1 Å². The van der Waals surface area contributed by atoms with Crippen molar-refractivity contribution in [1.29, 1.82) is 0 Å². The number of nitrogens with two attached hydrogens (primary N) is 1. The number of hydrogen-bond donors (Lipinski definition) is 1. The van der Waals surface area contributed by atoms with Crippen molar-refractivity contribution in [2.45, 2.75) is 103 Å². The smallest absolute Gasteiger partial charge is 0.212 e. The zero-order valence-electron chi connectivity index (χ0n) is 16.5. The Kier molecular flexibility index (Phi) is 18.8. The largest absolute Gasteiger partial charge is 0.756 e. The molecule has 0 atom stereocenters. The lowest BCUT2D eigenvalue weighted by Crippen LogP contribution is -2.27. The van der Waals surface area contributed by atoms with E-state index in [1.165, 1.54) is 64.2 Å². The second kappa shape index (κ2) is 19.5. The molecule has 4 heteroatoms. The van der Waals surface area contributed by atoms with Crippen LogP contribution in [0, 0.1) is 5.21 Å². The van der Waals surface area contributed by atoms with E-state index in [0.717, 1.165) is 19.3 Å². The number of amides is 1. The average molecular weight is 354 g/mol. The molecule has 0 bridgehead atoms. The van der Waals surface area contributed by atoms with Crippen LogP contribution in [0.3, 0.4) is 0 Å². The van der Waals surface area contributed by atoms with Gasteiger partial charge in [-0.25, -0.2) is 0 Å². The third-order valence-corrected chi connectivity index (χ3v) is 4.50. The first-order valence-corrected chi connectivity index (χ1v) is 10.5. The summed E-state index contributed by atoms with van der Waals surface area (Å²) in [5.41, 5.74) is 5.33. The van der Waals surface area contributed by atoms with E-state index in [1.807, 2.05) is 0 Å². The molecule has 0 fully saturated rings. The average Bonchev–Trinajstić information content (AvgIpc) is 2.62. The highest BCUT2D eigenvalue weighted by atomic mass is 16.5. The van der Waals surface area contributed by atoms with Crippen molar-refractivity contribution in [2.75, 3.05) is 13.1 Å². The van der Waals surface area contributed by atoms with Crippen molar-refractivity contribution in [3.8, 4) is 0 Å². The number of hydroxylamine groups is 2. The maximum atomic E-state index is 11.5. The van der Waals surface area contributed by atoms with E-state index in [0.29, 0.717) is 24.4 Å². The molecule has 0 aliphatic rings. The fourth-order valence-electron chi connectivity index (χ4n) is 2.83. The predicted octanol–water partition coefficient (Wildman–Crippen LogP) is 5.70. The van der Waals surface area contributed by atoms with Crippen LogP contribution in [-0.2, 0) is 4.79 Å². The number of nitrogens with zero attached hydrogens (tertiary/aromatic N) is 1. The number of allylic oxidation sites excluding steroid dienone is 2. The summed E-state index contributed by atoms with van der Waals surface area (Å²) < 4.78 is 0. The van der Waals surface area contributed by atoms with Crippen LogP contribution in [-0.4, -0.2) is 24.1 Å². The van der Waals surface area contributed by atoms with Crippen molar-refractivity contribution < 1.29 is 4.79 Å². The molecule has 0 rings (SSSR count). The summed E-state index contributed by atoms with van der Waals surface area (Å²) in [5, 5.41) is 12.0. The molecule has 0 aliphatic heterocycles. The summed E-state index contributed by atoms with van der Waals surface area (Å²) in [6.45, 7) is 2.95. The number of unbranched alkanes of at least 4 members (excludes halogenated alkanes) is 11. The Morgan fingerprint density at radius 3 is 1.92 bits per heavy atom. The highest BCUT2D eigenvalue weighted by molar-refractivity contribution is 5.76. The van der Waals surface area contributed by atoms with Crippen molar-refractivity contribution in [3.05, 3.63) is 17.4 Å². The molecule has 2 N–H and O–H groups in total. The third-order valence-electron chi connectivity index (χ3n) is 4.50. The van der Waals surface area contributed by atoms with Gasteiger partial charge in [-0.3, -0.25) is 4.79 Å². The van der Waals surface area contributed by atoms with Crippen LogP contribution in [0.15, 0.2) is 12.2 Å². The van der Waals surface area contributed by atoms with Crippen molar-refractivity contribution >= 4 is 5.91 Å². The van der Waals surface area contributed by atoms with Gasteiger partial charge in [-0.1, -0.05) is 70.4 Å². The Morgan fingerprint density at radius 1 is 0.840 bits per heavy atom. The first kappa shape index (κ1) is 24.1. The Morgan fingerprint density at radius 2 is 1.36 bits per heavy atom. The normalized spacial score (nSPS) is 11.3. The number of hydrogen-bond acceptors (Lipinski definition) is 3. The summed E-state index contributed by atoms with van der Waals surface area (Å²) in [6, 6.07) is 0. The molecular weight excluding hydrogens is 312 g/mol. The third kappa shape index (κ3) is 17.7. The molecule has 0 radical (unpaired) electrons. The van der Waals surface area contributed by atoms with Gasteiger partial charge in [-0.15, -0.1) is 0 Å². The molecule has 4 nitrogen and oxygen atoms in total. The van der Waals surface area contributed by atoms with Crippen LogP contribution in [0.2, 0.25) is 0 Å². The lowest BCUT2D eigenvalue weighted by Gasteiger charge is -2.27. The summed E-state index contributed by atoms with van der Waals surface area (Å²) in [6.07, 6.45) is 21.7. The van der Waals surface area contributed by atoms with Gasteiger partial charge in [0.2, 0.25) is 5.91 Å². The lowest BCUT2D eigenvalue weighted by atomic mass is 10.1. The Balaban J connectivity index is 3.27. The number of rotatable bonds is 18. The second-order valence-corrected chi connectivity index (χ2v) is 6.97. The topological polar surface area (TPSA) is 69.4 Å². The maximum Gasteiger partial charge on any atom is 0.212 e. The van der Waals surface area contributed by atoms with Gasteiger partial charge in [0.15, 0.2) is 0 Å². The molecule has 0 aromatic carbocycles. The van der Waals surface area contributed by atoms with E-state index in [-0.39, 0.29) is 12.5 Å². The summed E-state index contributed by atoms with van der Waals surface area (Å²) in [5.74, 6) is -0.286. The Labute approximate surface area is 155 Å². The van der Waals surface area contributed by atoms with E-state index in [9.17, 15) is 10.0 Å². The fourth-order valence-corrected chi connectivity index (χ4v) is 2.83. The summed E-state index contributed by atoms with van der Waals surface area (Å²) in [4.78, 5) is 11.5. The van der Waals surface area contributed by atoms with Crippen LogP contribution in [0.25, 0.3) is 0 Å². The highest BCUT2D eigenvalue weighted by Crippen LogP contribution is 2.10. The predicted molar refractivity (Wildman–Crippen MR) is 108 cm³/mol. The Bertz CT molecular complexity index is 319. The first-order valence-electron chi connectivity index (χ1n) is 10.5. The van der Waals surface area contributed by atoms with Gasteiger partial charge < -0.3 is 16.0 Å². The molecule has 0 aliphatic carbocycles. The fraction of sp³-hybridized carbons (Fsp3) is 0.857. The monoisotopic (exact) mass is 353 g/mol. The van der Waals surface area contributed by atoms with Crippen LogP contribution in [0.1, 0.15) is 103 Å². The molecule has 1 amide bonds. The van der Waals surface area contributed by atoms with Crippen molar-refractivity contribution in [3.63, 3.8) is 0 Å². The number of carbonyl (C=O) groups excluding carboxylic acids is 1. The zero-order valence-corrected chi connectivity index (χ0v) is 16.5. The highest BCUT2D eigenvalue weighted by Gasteiger charge is 2.03.